The molecule has 2 fully saturated rings. The van der Waals surface area contributed by atoms with E-state index in [1.54, 1.807) is 0 Å². The summed E-state index contributed by atoms with van der Waals surface area (Å²) in [7, 11) is 0. The maximum atomic E-state index is 9.40. The van der Waals surface area contributed by atoms with Crippen molar-refractivity contribution in [2.24, 2.45) is 0 Å². The Morgan fingerprint density at radius 1 is 0.917 bits per heavy atom. The van der Waals surface area contributed by atoms with Crippen LogP contribution in [0, 0.1) is 0 Å². The summed E-state index contributed by atoms with van der Waals surface area (Å²) in [5, 5.41) is 28.0. The predicted molar refractivity (Wildman–Crippen MR) is 37.3 cm³/mol. The lowest BCUT2D eigenvalue weighted by Gasteiger charge is -2.35. The summed E-state index contributed by atoms with van der Waals surface area (Å²) in [5.41, 5.74) is 0. The minimum atomic E-state index is -0.944. The van der Waals surface area contributed by atoms with E-state index in [1.807, 2.05) is 0 Å². The molecule has 1 saturated carbocycles. The van der Waals surface area contributed by atoms with Crippen LogP contribution in [0.1, 0.15) is 6.42 Å². The average Bonchev–Trinajstić information content (AvgIpc) is 2.48. The highest BCUT2D eigenvalue weighted by Crippen LogP contribution is 2.29. The Hall–Kier alpha value is -0.200. The summed E-state index contributed by atoms with van der Waals surface area (Å²) in [6, 6.07) is 0. The van der Waals surface area contributed by atoms with Crippen molar-refractivity contribution in [1.82, 2.24) is 0 Å². The Balaban J connectivity index is 2.12. The van der Waals surface area contributed by atoms with Gasteiger partial charge in [0, 0.05) is 6.42 Å². The average molecular weight is 176 g/mol. The maximum Gasteiger partial charge on any atom is 0.148 e. The normalized spacial score (nSPS) is 53.8. The van der Waals surface area contributed by atoms with Crippen molar-refractivity contribution in [3.63, 3.8) is 0 Å². The van der Waals surface area contributed by atoms with E-state index in [-0.39, 0.29) is 13.2 Å². The molecule has 3 N–H and O–H groups in total. The molecular formula is C7H12O5. The monoisotopic (exact) mass is 176 g/mol. The highest BCUT2D eigenvalue weighted by atomic mass is 16.7. The molecule has 2 rings (SSSR count). The van der Waals surface area contributed by atoms with Gasteiger partial charge in [0.2, 0.25) is 0 Å². The van der Waals surface area contributed by atoms with Crippen molar-refractivity contribution in [2.75, 3.05) is 6.79 Å². The van der Waals surface area contributed by atoms with Gasteiger partial charge in [-0.3, -0.25) is 0 Å². The molecule has 0 aromatic carbocycles. The van der Waals surface area contributed by atoms with Crippen LogP contribution in [0.4, 0.5) is 0 Å². The first-order chi connectivity index (χ1) is 5.70. The van der Waals surface area contributed by atoms with Gasteiger partial charge in [0.15, 0.2) is 0 Å². The number of aliphatic hydroxyl groups excluding tert-OH is 3. The molecule has 0 bridgehead atoms. The zero-order valence-electron chi connectivity index (χ0n) is 6.46. The van der Waals surface area contributed by atoms with Gasteiger partial charge in [-0.1, -0.05) is 0 Å². The van der Waals surface area contributed by atoms with Crippen LogP contribution in [-0.2, 0) is 9.47 Å². The van der Waals surface area contributed by atoms with E-state index in [9.17, 15) is 15.3 Å². The van der Waals surface area contributed by atoms with Gasteiger partial charge in [0.1, 0.15) is 25.1 Å². The zero-order valence-corrected chi connectivity index (χ0v) is 6.46. The third-order valence-corrected chi connectivity index (χ3v) is 2.44. The Morgan fingerprint density at radius 3 is 2.33 bits per heavy atom. The first kappa shape index (κ1) is 8.40. The van der Waals surface area contributed by atoms with Crippen molar-refractivity contribution in [3.8, 4) is 0 Å². The van der Waals surface area contributed by atoms with Crippen LogP contribution in [-0.4, -0.2) is 52.6 Å². The van der Waals surface area contributed by atoms with E-state index in [4.69, 9.17) is 9.47 Å². The molecule has 0 aromatic heterocycles. The second kappa shape index (κ2) is 2.93. The van der Waals surface area contributed by atoms with Crippen LogP contribution in [0.3, 0.4) is 0 Å². The summed E-state index contributed by atoms with van der Waals surface area (Å²) < 4.78 is 10.1. The summed E-state index contributed by atoms with van der Waals surface area (Å²) in [6.45, 7) is 0.0795. The maximum absolute atomic E-state index is 9.40. The third kappa shape index (κ3) is 1.14. The smallest absolute Gasteiger partial charge is 0.148 e. The number of aliphatic hydroxyl groups is 3. The van der Waals surface area contributed by atoms with Gasteiger partial charge in [-0.25, -0.2) is 0 Å². The van der Waals surface area contributed by atoms with E-state index >= 15 is 0 Å². The second-order valence-electron chi connectivity index (χ2n) is 3.24. The SMILES string of the molecule is OC1CC(O)C2OCOC2C1O. The minimum absolute atomic E-state index is 0.0795. The Kier molecular flexibility index (Phi) is 2.05. The molecule has 0 radical (unpaired) electrons. The van der Waals surface area contributed by atoms with Gasteiger partial charge in [-0.05, 0) is 0 Å². The predicted octanol–water partition coefficient (Wildman–Crippen LogP) is -1.79. The summed E-state index contributed by atoms with van der Waals surface area (Å²) >= 11 is 0. The highest BCUT2D eigenvalue weighted by molar-refractivity contribution is 4.96. The molecule has 5 atom stereocenters. The molecule has 1 saturated heterocycles. The first-order valence-electron chi connectivity index (χ1n) is 3.97. The fourth-order valence-corrected chi connectivity index (χ4v) is 1.75. The molecule has 5 heteroatoms. The summed E-state index contributed by atoms with van der Waals surface area (Å²) in [6.07, 6.45) is -3.52. The quantitative estimate of drug-likeness (QED) is 0.406. The van der Waals surface area contributed by atoms with Crippen LogP contribution in [0.5, 0.6) is 0 Å². The second-order valence-corrected chi connectivity index (χ2v) is 3.24. The lowest BCUT2D eigenvalue weighted by atomic mass is 9.87. The van der Waals surface area contributed by atoms with Crippen LogP contribution in [0.2, 0.25) is 0 Å². The van der Waals surface area contributed by atoms with Crippen LogP contribution >= 0.6 is 0 Å². The molecule has 1 heterocycles. The molecule has 5 nitrogen and oxygen atoms in total. The lowest BCUT2D eigenvalue weighted by Crippen LogP contribution is -2.54. The number of fused-ring (bicyclic) bond motifs is 1. The minimum Gasteiger partial charge on any atom is -0.390 e. The standard InChI is InChI=1S/C7H12O5/c8-3-1-4(9)6-7(5(3)10)12-2-11-6/h3-10H,1-2H2. The van der Waals surface area contributed by atoms with E-state index in [0.29, 0.717) is 0 Å². The van der Waals surface area contributed by atoms with Crippen molar-refractivity contribution < 1.29 is 24.8 Å². The number of hydrogen-bond acceptors (Lipinski definition) is 5. The molecular weight excluding hydrogens is 164 g/mol. The number of rotatable bonds is 0. The summed E-state index contributed by atoms with van der Waals surface area (Å²) in [5.74, 6) is 0. The van der Waals surface area contributed by atoms with Crippen molar-refractivity contribution in [2.45, 2.75) is 36.9 Å². The lowest BCUT2D eigenvalue weighted by molar-refractivity contribution is -0.132. The molecule has 5 unspecified atom stereocenters. The van der Waals surface area contributed by atoms with Crippen LogP contribution in [0.15, 0.2) is 0 Å². The van der Waals surface area contributed by atoms with Gasteiger partial charge in [-0.15, -0.1) is 0 Å². The first-order valence-corrected chi connectivity index (χ1v) is 3.97. The van der Waals surface area contributed by atoms with Crippen molar-refractivity contribution >= 4 is 0 Å². The number of ether oxygens (including phenoxy) is 2. The Labute approximate surface area is 69.5 Å². The van der Waals surface area contributed by atoms with E-state index in [0.717, 1.165) is 0 Å². The molecule has 0 spiro atoms. The third-order valence-electron chi connectivity index (χ3n) is 2.44. The van der Waals surface area contributed by atoms with Crippen LogP contribution in [0.25, 0.3) is 0 Å². The molecule has 12 heavy (non-hydrogen) atoms. The van der Waals surface area contributed by atoms with Crippen molar-refractivity contribution in [3.05, 3.63) is 0 Å². The molecule has 0 aromatic rings. The van der Waals surface area contributed by atoms with Gasteiger partial charge in [-0.2, -0.15) is 0 Å². The molecule has 1 aliphatic heterocycles. The zero-order chi connectivity index (χ0) is 8.72. The van der Waals surface area contributed by atoms with Gasteiger partial charge < -0.3 is 24.8 Å². The topological polar surface area (TPSA) is 79.2 Å². The Bertz CT molecular complexity index is 173. The fourth-order valence-electron chi connectivity index (χ4n) is 1.75. The highest BCUT2D eigenvalue weighted by Gasteiger charge is 2.47. The van der Waals surface area contributed by atoms with E-state index in [1.165, 1.54) is 0 Å². The molecule has 2 aliphatic rings. The van der Waals surface area contributed by atoms with E-state index < -0.39 is 30.5 Å². The largest absolute Gasteiger partial charge is 0.390 e. The molecule has 0 amide bonds. The van der Waals surface area contributed by atoms with Crippen LogP contribution < -0.4 is 0 Å². The Morgan fingerprint density at radius 2 is 1.58 bits per heavy atom. The van der Waals surface area contributed by atoms with Gasteiger partial charge in [0.05, 0.1) is 12.2 Å². The molecule has 70 valence electrons. The van der Waals surface area contributed by atoms with Crippen molar-refractivity contribution in [1.29, 1.82) is 0 Å². The fraction of sp³-hybridized carbons (Fsp3) is 1.00. The van der Waals surface area contributed by atoms with E-state index in [2.05, 4.69) is 0 Å². The molecule has 1 aliphatic carbocycles. The van der Waals surface area contributed by atoms with Gasteiger partial charge >= 0.3 is 0 Å². The summed E-state index contributed by atoms with van der Waals surface area (Å²) in [4.78, 5) is 0. The van der Waals surface area contributed by atoms with Gasteiger partial charge in [0.25, 0.3) is 0 Å². The number of hydrogen-bond donors (Lipinski definition) is 3.